The van der Waals surface area contributed by atoms with Crippen LogP contribution in [0.25, 0.3) is 0 Å². The number of rotatable bonds is 7. The molecule has 3 nitrogen and oxygen atoms in total. The van der Waals surface area contributed by atoms with E-state index < -0.39 is 6.10 Å². The highest BCUT2D eigenvalue weighted by Crippen LogP contribution is 2.14. The minimum atomic E-state index is -0.452. The summed E-state index contributed by atoms with van der Waals surface area (Å²) in [4.78, 5) is 11.9. The maximum Gasteiger partial charge on any atom is 0.223 e. The minimum Gasteiger partial charge on any atom is -0.391 e. The number of carbonyl (C=O) groups is 1. The summed E-state index contributed by atoms with van der Waals surface area (Å²) in [5.74, 6) is -0.164. The normalized spacial score (nSPS) is 13.9. The first-order valence-electron chi connectivity index (χ1n) is 6.73. The van der Waals surface area contributed by atoms with Crippen LogP contribution in [0.5, 0.6) is 0 Å². The molecule has 0 aromatic heterocycles. The maximum absolute atomic E-state index is 11.9. The van der Waals surface area contributed by atoms with Crippen LogP contribution in [0.15, 0.2) is 24.3 Å². The first-order chi connectivity index (χ1) is 9.02. The summed E-state index contributed by atoms with van der Waals surface area (Å²) in [5, 5.41) is 13.0. The topological polar surface area (TPSA) is 49.3 Å². The van der Waals surface area contributed by atoms with E-state index in [0.29, 0.717) is 24.4 Å². The Labute approximate surface area is 120 Å². The average molecular weight is 284 g/mol. The van der Waals surface area contributed by atoms with Crippen LogP contribution in [-0.4, -0.2) is 23.7 Å². The van der Waals surface area contributed by atoms with Gasteiger partial charge in [0.25, 0.3) is 0 Å². The van der Waals surface area contributed by atoms with Gasteiger partial charge in [0.1, 0.15) is 0 Å². The molecule has 0 saturated carbocycles. The number of aliphatic hydroxyl groups excluding tert-OH is 1. The van der Waals surface area contributed by atoms with Crippen molar-refractivity contribution in [2.45, 2.75) is 39.2 Å². The Morgan fingerprint density at radius 1 is 1.47 bits per heavy atom. The zero-order valence-electron chi connectivity index (χ0n) is 11.5. The van der Waals surface area contributed by atoms with Gasteiger partial charge in [-0.2, -0.15) is 0 Å². The second-order valence-electron chi connectivity index (χ2n) is 4.92. The number of halogens is 1. The number of benzene rings is 1. The fourth-order valence-corrected chi connectivity index (χ4v) is 2.15. The zero-order chi connectivity index (χ0) is 14.3. The summed E-state index contributed by atoms with van der Waals surface area (Å²) < 4.78 is 0. The molecule has 0 aliphatic rings. The van der Waals surface area contributed by atoms with Crippen molar-refractivity contribution >= 4 is 17.5 Å². The molecule has 19 heavy (non-hydrogen) atoms. The van der Waals surface area contributed by atoms with Crippen LogP contribution in [0.1, 0.15) is 32.3 Å². The molecule has 106 valence electrons. The van der Waals surface area contributed by atoms with E-state index in [0.717, 1.165) is 12.0 Å². The standard InChI is InChI=1S/C15H22ClNO2/c1-3-5-14(18)10-17-15(19)11(2)8-12-6-4-7-13(16)9-12/h4,6-7,9,11,14,18H,3,5,8,10H2,1-2H3,(H,17,19). The first-order valence-corrected chi connectivity index (χ1v) is 7.11. The van der Waals surface area contributed by atoms with Crippen molar-refractivity contribution in [2.24, 2.45) is 5.92 Å². The van der Waals surface area contributed by atoms with Gasteiger partial charge in [-0.15, -0.1) is 0 Å². The highest BCUT2D eigenvalue weighted by Gasteiger charge is 2.14. The summed E-state index contributed by atoms with van der Waals surface area (Å²) in [6.07, 6.45) is 1.82. The van der Waals surface area contributed by atoms with Gasteiger partial charge >= 0.3 is 0 Å². The lowest BCUT2D eigenvalue weighted by molar-refractivity contribution is -0.124. The predicted octanol–water partition coefficient (Wildman–Crippen LogP) is 2.80. The largest absolute Gasteiger partial charge is 0.391 e. The monoisotopic (exact) mass is 283 g/mol. The van der Waals surface area contributed by atoms with E-state index in [1.54, 1.807) is 0 Å². The Balaban J connectivity index is 2.40. The molecule has 1 amide bonds. The molecule has 2 N–H and O–H groups in total. The molecule has 0 heterocycles. The van der Waals surface area contributed by atoms with Gasteiger partial charge in [0, 0.05) is 17.5 Å². The zero-order valence-corrected chi connectivity index (χ0v) is 12.3. The third kappa shape index (κ3) is 6.08. The second-order valence-corrected chi connectivity index (χ2v) is 5.36. The molecule has 0 aliphatic heterocycles. The van der Waals surface area contributed by atoms with Crippen LogP contribution in [0.2, 0.25) is 5.02 Å². The molecule has 0 bridgehead atoms. The molecule has 0 aliphatic carbocycles. The van der Waals surface area contributed by atoms with E-state index in [2.05, 4.69) is 5.32 Å². The van der Waals surface area contributed by atoms with Crippen LogP contribution in [0, 0.1) is 5.92 Å². The fourth-order valence-electron chi connectivity index (χ4n) is 1.94. The SMILES string of the molecule is CCCC(O)CNC(=O)C(C)Cc1cccc(Cl)c1. The van der Waals surface area contributed by atoms with Gasteiger partial charge in [0.05, 0.1) is 6.10 Å². The van der Waals surface area contributed by atoms with Crippen molar-refractivity contribution in [3.8, 4) is 0 Å². The molecule has 1 aromatic carbocycles. The van der Waals surface area contributed by atoms with Crippen molar-refractivity contribution in [1.29, 1.82) is 0 Å². The Morgan fingerprint density at radius 3 is 2.84 bits per heavy atom. The van der Waals surface area contributed by atoms with Crippen LogP contribution >= 0.6 is 11.6 Å². The van der Waals surface area contributed by atoms with E-state index in [4.69, 9.17) is 11.6 Å². The lowest BCUT2D eigenvalue weighted by atomic mass is 10.0. The van der Waals surface area contributed by atoms with Crippen molar-refractivity contribution in [1.82, 2.24) is 5.32 Å². The molecule has 2 unspecified atom stereocenters. The van der Waals surface area contributed by atoms with Gasteiger partial charge in [-0.1, -0.05) is 44.0 Å². The number of nitrogens with one attached hydrogen (secondary N) is 1. The Hall–Kier alpha value is -1.06. The Bertz CT molecular complexity index is 409. The number of carbonyl (C=O) groups excluding carboxylic acids is 1. The van der Waals surface area contributed by atoms with E-state index in [9.17, 15) is 9.90 Å². The van der Waals surface area contributed by atoms with Gasteiger partial charge in [-0.05, 0) is 30.5 Å². The molecule has 0 radical (unpaired) electrons. The summed E-state index contributed by atoms with van der Waals surface area (Å²) in [6, 6.07) is 7.53. The summed E-state index contributed by atoms with van der Waals surface area (Å²) in [7, 11) is 0. The molecule has 0 saturated heterocycles. The van der Waals surface area contributed by atoms with Crippen molar-refractivity contribution in [2.75, 3.05) is 6.54 Å². The number of amides is 1. The molecule has 0 fully saturated rings. The summed E-state index contributed by atoms with van der Waals surface area (Å²) >= 11 is 5.91. The van der Waals surface area contributed by atoms with Crippen LogP contribution in [0.4, 0.5) is 0 Å². The van der Waals surface area contributed by atoms with Crippen molar-refractivity contribution in [3.05, 3.63) is 34.9 Å². The second kappa shape index (κ2) is 8.18. The van der Waals surface area contributed by atoms with Crippen molar-refractivity contribution in [3.63, 3.8) is 0 Å². The van der Waals surface area contributed by atoms with Gasteiger partial charge in [-0.25, -0.2) is 0 Å². The fraction of sp³-hybridized carbons (Fsp3) is 0.533. The van der Waals surface area contributed by atoms with Crippen LogP contribution < -0.4 is 5.32 Å². The third-order valence-electron chi connectivity index (χ3n) is 3.01. The van der Waals surface area contributed by atoms with E-state index in [1.165, 1.54) is 0 Å². The maximum atomic E-state index is 11.9. The average Bonchev–Trinajstić information content (AvgIpc) is 2.36. The van der Waals surface area contributed by atoms with E-state index in [-0.39, 0.29) is 11.8 Å². The molecule has 4 heteroatoms. The smallest absolute Gasteiger partial charge is 0.223 e. The molecule has 1 aromatic rings. The van der Waals surface area contributed by atoms with Gasteiger partial charge < -0.3 is 10.4 Å². The quantitative estimate of drug-likeness (QED) is 0.808. The molecule has 2 atom stereocenters. The van der Waals surface area contributed by atoms with Crippen LogP contribution in [-0.2, 0) is 11.2 Å². The van der Waals surface area contributed by atoms with Crippen LogP contribution in [0.3, 0.4) is 0 Å². The first kappa shape index (κ1) is 16.0. The summed E-state index contributed by atoms with van der Waals surface area (Å²) in [6.45, 7) is 4.21. The highest BCUT2D eigenvalue weighted by molar-refractivity contribution is 6.30. The molecule has 0 spiro atoms. The molecule has 1 rings (SSSR count). The number of hydrogen-bond donors (Lipinski definition) is 2. The van der Waals surface area contributed by atoms with E-state index in [1.807, 2.05) is 38.1 Å². The predicted molar refractivity (Wildman–Crippen MR) is 78.2 cm³/mol. The summed E-state index contributed by atoms with van der Waals surface area (Å²) in [5.41, 5.74) is 1.05. The Kier molecular flexibility index (Phi) is 6.89. The lowest BCUT2D eigenvalue weighted by Gasteiger charge is -2.15. The minimum absolute atomic E-state index is 0.0323. The third-order valence-corrected chi connectivity index (χ3v) is 3.25. The Morgan fingerprint density at radius 2 is 2.21 bits per heavy atom. The van der Waals surface area contributed by atoms with Crippen molar-refractivity contribution < 1.29 is 9.90 Å². The molecular weight excluding hydrogens is 262 g/mol. The molecular formula is C15H22ClNO2. The van der Waals surface area contributed by atoms with E-state index >= 15 is 0 Å². The highest BCUT2D eigenvalue weighted by atomic mass is 35.5. The lowest BCUT2D eigenvalue weighted by Crippen LogP contribution is -2.36. The van der Waals surface area contributed by atoms with Gasteiger partial charge in [0.15, 0.2) is 0 Å². The van der Waals surface area contributed by atoms with Gasteiger partial charge in [0.2, 0.25) is 5.91 Å². The van der Waals surface area contributed by atoms with Gasteiger partial charge in [-0.3, -0.25) is 4.79 Å². The number of hydrogen-bond acceptors (Lipinski definition) is 2. The number of aliphatic hydroxyl groups is 1.